The summed E-state index contributed by atoms with van der Waals surface area (Å²) in [5.74, 6) is 0.518. The van der Waals surface area contributed by atoms with Crippen molar-refractivity contribution in [3.05, 3.63) is 154 Å². The van der Waals surface area contributed by atoms with Crippen molar-refractivity contribution in [2.45, 2.75) is 106 Å². The molecule has 4 aromatic carbocycles. The van der Waals surface area contributed by atoms with Crippen molar-refractivity contribution in [1.29, 1.82) is 0 Å². The molecule has 2 aliphatic carbocycles. The van der Waals surface area contributed by atoms with Crippen LogP contribution in [0.3, 0.4) is 0 Å². The van der Waals surface area contributed by atoms with Crippen LogP contribution >= 0.6 is 0 Å². The van der Waals surface area contributed by atoms with Crippen molar-refractivity contribution in [3.8, 4) is 11.1 Å². The van der Waals surface area contributed by atoms with Crippen LogP contribution in [0.25, 0.3) is 11.1 Å². The van der Waals surface area contributed by atoms with Gasteiger partial charge in [0.15, 0.2) is 0 Å². The van der Waals surface area contributed by atoms with E-state index in [1.54, 1.807) is 0 Å². The van der Waals surface area contributed by atoms with Gasteiger partial charge < -0.3 is 0 Å². The van der Waals surface area contributed by atoms with Crippen LogP contribution in [0.15, 0.2) is 96.1 Å². The van der Waals surface area contributed by atoms with Crippen LogP contribution in [-0.4, -0.2) is 4.21 Å². The van der Waals surface area contributed by atoms with Gasteiger partial charge in [-0.15, -0.1) is 11.1 Å². The number of hydrogen-bond acceptors (Lipinski definition) is 0. The van der Waals surface area contributed by atoms with Crippen molar-refractivity contribution in [1.82, 2.24) is 0 Å². The van der Waals surface area contributed by atoms with Gasteiger partial charge in [-0.2, -0.15) is 122 Å². The topological polar surface area (TPSA) is 0 Å². The van der Waals surface area contributed by atoms with Crippen LogP contribution in [0.1, 0.15) is 110 Å². The molecule has 6 rings (SSSR count). The van der Waals surface area contributed by atoms with Gasteiger partial charge in [0.05, 0.1) is 0 Å². The van der Waals surface area contributed by atoms with E-state index in [2.05, 4.69) is 141 Å². The Morgan fingerprint density at radius 1 is 0.648 bits per heavy atom. The molecule has 2 aliphatic rings. The zero-order valence-corrected chi connectivity index (χ0v) is 35.8. The van der Waals surface area contributed by atoms with E-state index < -0.39 is 23.5 Å². The number of hydrogen-bond donors (Lipinski definition) is 0. The Kier molecular flexibility index (Phi) is 16.5. The second-order valence-electron chi connectivity index (χ2n) is 16.3. The van der Waals surface area contributed by atoms with Gasteiger partial charge in [-0.3, -0.25) is 6.08 Å². The molecule has 0 fully saturated rings. The van der Waals surface area contributed by atoms with E-state index in [0.29, 0.717) is 11.3 Å². The zero-order chi connectivity index (χ0) is 41.3. The molecule has 4 aromatic rings. The third-order valence-corrected chi connectivity index (χ3v) is 8.61. The predicted octanol–water partition coefficient (Wildman–Crippen LogP) is 14.0. The van der Waals surface area contributed by atoms with Gasteiger partial charge in [0.1, 0.15) is 0 Å². The van der Waals surface area contributed by atoms with Gasteiger partial charge in [-0.05, 0) is 28.4 Å². The average molecular weight is 822 g/mol. The standard InChI is InChI=1S/C21H25.C11H17.2C7H4F3.CH2.Zr/c1-20(2,3)16-7-9-18-14(12-16)11-15-13-17(21(4,5)6)8-10-19(15)18;1-8-6-9(2)10(7-8)11(3,4)5;2*8-7(9,10)6-4-2-1-3-5-6;;/h7-10,12H,11H2,1-6H3;7-8H,1-5H3;2*1-2,4-5H;1H2;/q4*-1;;. The fourth-order valence-electron chi connectivity index (χ4n) is 5.82. The molecule has 0 saturated heterocycles. The van der Waals surface area contributed by atoms with Crippen LogP contribution in [0.5, 0.6) is 0 Å². The number of rotatable bonds is 0. The Morgan fingerprint density at radius 2 is 1.15 bits per heavy atom. The Hall–Kier alpha value is -3.31. The van der Waals surface area contributed by atoms with Gasteiger partial charge in [0.2, 0.25) is 0 Å². The fraction of sp³-hybridized carbons (Fsp3) is 0.383. The monoisotopic (exact) mass is 820 g/mol. The van der Waals surface area contributed by atoms with Gasteiger partial charge in [0.25, 0.3) is 0 Å². The first-order valence-electron chi connectivity index (χ1n) is 17.7. The van der Waals surface area contributed by atoms with Crippen molar-refractivity contribution < 1.29 is 50.6 Å². The van der Waals surface area contributed by atoms with E-state index in [4.69, 9.17) is 0 Å². The van der Waals surface area contributed by atoms with Gasteiger partial charge >= 0.3 is 40.8 Å². The summed E-state index contributed by atoms with van der Waals surface area (Å²) in [5, 5.41) is 0. The van der Waals surface area contributed by atoms with E-state index in [0.717, 1.165) is 30.7 Å². The predicted molar refractivity (Wildman–Crippen MR) is 208 cm³/mol. The van der Waals surface area contributed by atoms with Gasteiger partial charge in [0, 0.05) is 0 Å². The summed E-state index contributed by atoms with van der Waals surface area (Å²) in [4.78, 5) is 0. The van der Waals surface area contributed by atoms with Crippen molar-refractivity contribution in [2.75, 3.05) is 0 Å². The number of allylic oxidation sites excluding steroid dienone is 4. The number of fused-ring (bicyclic) bond motifs is 3. The third-order valence-electron chi connectivity index (χ3n) is 8.61. The SMILES string of the molecule is CC(C)(C)c1[c-]c2c(cc1)-c1ccc(C(C)(C)C)cc1C2.CC1=[C-]C(C)C=C1C(C)(C)C.FC(F)(F)c1c[c-]ccc1.FC(F)(F)c1c[c-]ccc1.[CH2]=[Zr]. The molecule has 0 aromatic heterocycles. The van der Waals surface area contributed by atoms with Crippen LogP contribution in [0, 0.1) is 35.6 Å². The summed E-state index contributed by atoms with van der Waals surface area (Å²) in [7, 11) is 0. The molecule has 0 N–H and O–H groups in total. The molecule has 54 heavy (non-hydrogen) atoms. The van der Waals surface area contributed by atoms with Gasteiger partial charge in [-0.25, -0.2) is 5.57 Å². The quantitative estimate of drug-likeness (QED) is 0.108. The molecule has 1 atom stereocenters. The normalized spacial score (nSPS) is 14.9. The molecular formula is C47H52F6Zr-4. The molecule has 0 nitrogen and oxygen atoms in total. The molecule has 1 unspecified atom stereocenters. The van der Waals surface area contributed by atoms with Crippen molar-refractivity contribution in [2.24, 2.45) is 11.3 Å². The van der Waals surface area contributed by atoms with Gasteiger partial charge in [-0.1, -0.05) is 122 Å². The first-order chi connectivity index (χ1) is 24.8. The third kappa shape index (κ3) is 14.1. The van der Waals surface area contributed by atoms with E-state index in [1.165, 1.54) is 93.0 Å². The summed E-state index contributed by atoms with van der Waals surface area (Å²) >= 11 is 1.30. The summed E-state index contributed by atoms with van der Waals surface area (Å²) in [6.07, 6.45) is -1.74. The van der Waals surface area contributed by atoms with E-state index in [1.807, 2.05) is 0 Å². The molecule has 0 bridgehead atoms. The first kappa shape index (κ1) is 46.8. The number of benzene rings is 4. The molecule has 0 amide bonds. The zero-order valence-electron chi connectivity index (χ0n) is 33.3. The molecular weight excluding hydrogens is 770 g/mol. The Balaban J connectivity index is 0.000000262. The van der Waals surface area contributed by atoms with Crippen molar-refractivity contribution >= 4 is 4.21 Å². The number of halogens is 6. The molecule has 0 saturated carbocycles. The maximum atomic E-state index is 11.8. The van der Waals surface area contributed by atoms with E-state index in [-0.39, 0.29) is 10.8 Å². The first-order valence-corrected chi connectivity index (χ1v) is 19.5. The van der Waals surface area contributed by atoms with Crippen LogP contribution in [0.4, 0.5) is 26.3 Å². The van der Waals surface area contributed by atoms with Crippen LogP contribution < -0.4 is 0 Å². The van der Waals surface area contributed by atoms with Crippen molar-refractivity contribution in [3.63, 3.8) is 0 Å². The minimum atomic E-state index is -4.24. The summed E-state index contributed by atoms with van der Waals surface area (Å²) < 4.78 is 73.9. The molecule has 0 spiro atoms. The summed E-state index contributed by atoms with van der Waals surface area (Å²) in [6.45, 7) is 24.7. The second-order valence-corrected chi connectivity index (χ2v) is 16.3. The van der Waals surface area contributed by atoms with Crippen LogP contribution in [0.2, 0.25) is 0 Å². The van der Waals surface area contributed by atoms with E-state index in [9.17, 15) is 26.3 Å². The minimum absolute atomic E-state index is 0.167. The summed E-state index contributed by atoms with van der Waals surface area (Å²) in [5.41, 5.74) is 10.5. The average Bonchev–Trinajstić information content (AvgIpc) is 3.63. The molecule has 7 heteroatoms. The Labute approximate surface area is 335 Å². The molecule has 0 aliphatic heterocycles. The molecule has 0 heterocycles. The number of alkyl halides is 6. The summed E-state index contributed by atoms with van der Waals surface area (Å²) in [6, 6.07) is 29.2. The second kappa shape index (κ2) is 19.0. The Bertz CT molecular complexity index is 1730. The molecule has 290 valence electrons. The van der Waals surface area contributed by atoms with Crippen LogP contribution in [-0.2, 0) is 53.8 Å². The maximum absolute atomic E-state index is 11.8. The Morgan fingerprint density at radius 3 is 1.48 bits per heavy atom. The molecule has 0 radical (unpaired) electrons. The fourth-order valence-corrected chi connectivity index (χ4v) is 5.82. The van der Waals surface area contributed by atoms with E-state index >= 15 is 0 Å².